The first-order chi connectivity index (χ1) is 11.2. The van der Waals surface area contributed by atoms with Gasteiger partial charge < -0.3 is 14.9 Å². The number of halogens is 1. The fourth-order valence-corrected chi connectivity index (χ4v) is 3.34. The molecule has 0 unspecified atom stereocenters. The van der Waals surface area contributed by atoms with Gasteiger partial charge >= 0.3 is 5.97 Å². The highest BCUT2D eigenvalue weighted by Gasteiger charge is 2.22. The van der Waals surface area contributed by atoms with E-state index in [-0.39, 0.29) is 28.6 Å². The van der Waals surface area contributed by atoms with Gasteiger partial charge in [0.15, 0.2) is 9.84 Å². The van der Waals surface area contributed by atoms with Crippen LogP contribution in [0.15, 0.2) is 22.2 Å². The molecule has 0 bridgehead atoms. The minimum Gasteiger partial charge on any atom is -0.462 e. The van der Waals surface area contributed by atoms with E-state index in [2.05, 4.69) is 15.3 Å². The first-order valence-electron chi connectivity index (χ1n) is 7.18. The molecule has 1 aromatic rings. The van der Waals surface area contributed by atoms with E-state index in [4.69, 9.17) is 16.3 Å². The highest BCUT2D eigenvalue weighted by atomic mass is 35.5. The Kier molecular flexibility index (Phi) is 7.65. The maximum absolute atomic E-state index is 12.0. The molecule has 0 radical (unpaired) electrons. The van der Waals surface area contributed by atoms with Gasteiger partial charge in [0.2, 0.25) is 0 Å². The summed E-state index contributed by atoms with van der Waals surface area (Å²) in [7, 11) is -2.07. The Morgan fingerprint density at radius 1 is 1.38 bits per heavy atom. The number of carbonyl (C=O) groups is 1. The second-order valence-corrected chi connectivity index (χ2v) is 7.37. The number of oxime groups is 1. The molecule has 0 saturated carbocycles. The van der Waals surface area contributed by atoms with Crippen molar-refractivity contribution in [2.45, 2.75) is 25.3 Å². The fraction of sp³-hybridized carbons (Fsp3) is 0.467. The van der Waals surface area contributed by atoms with Crippen LogP contribution in [-0.2, 0) is 26.0 Å². The molecule has 1 N–H and O–H groups in total. The van der Waals surface area contributed by atoms with E-state index in [1.165, 1.54) is 19.2 Å². The summed E-state index contributed by atoms with van der Waals surface area (Å²) in [5, 5.41) is 6.83. The third-order valence-corrected chi connectivity index (χ3v) is 4.64. The van der Waals surface area contributed by atoms with Crippen LogP contribution >= 0.6 is 11.6 Å². The summed E-state index contributed by atoms with van der Waals surface area (Å²) < 4.78 is 28.9. The number of rotatable bonds is 8. The van der Waals surface area contributed by atoms with Crippen LogP contribution in [0.1, 0.15) is 29.8 Å². The Hall–Kier alpha value is -1.64. The maximum atomic E-state index is 12.0. The van der Waals surface area contributed by atoms with Crippen LogP contribution in [-0.4, -0.2) is 46.6 Å². The molecule has 7 nitrogen and oxygen atoms in total. The second-order valence-electron chi connectivity index (χ2n) is 5.01. The predicted molar refractivity (Wildman–Crippen MR) is 92.3 cm³/mol. The third-order valence-electron chi connectivity index (χ3n) is 3.02. The van der Waals surface area contributed by atoms with Crippen molar-refractivity contribution < 1.29 is 22.8 Å². The van der Waals surface area contributed by atoms with Crippen LogP contribution in [0.4, 0.5) is 0 Å². The number of nitrogens with zero attached hydrogens (tertiary/aromatic N) is 1. The van der Waals surface area contributed by atoms with E-state index in [0.717, 1.165) is 6.26 Å². The molecule has 0 fully saturated rings. The van der Waals surface area contributed by atoms with E-state index in [1.807, 2.05) is 0 Å². The molecule has 0 amide bonds. The molecule has 0 saturated heterocycles. The number of nitrogens with one attached hydrogen (secondary N) is 1. The Morgan fingerprint density at radius 3 is 2.58 bits per heavy atom. The average Bonchev–Trinajstić information content (AvgIpc) is 2.48. The van der Waals surface area contributed by atoms with Gasteiger partial charge in [0.1, 0.15) is 7.11 Å². The van der Waals surface area contributed by atoms with Crippen molar-refractivity contribution >= 4 is 33.1 Å². The first kappa shape index (κ1) is 20.4. The van der Waals surface area contributed by atoms with Crippen molar-refractivity contribution in [3.63, 3.8) is 0 Å². The van der Waals surface area contributed by atoms with Gasteiger partial charge in [-0.2, -0.15) is 0 Å². The zero-order valence-corrected chi connectivity index (χ0v) is 15.6. The summed E-state index contributed by atoms with van der Waals surface area (Å²) in [6, 6.07) is 2.72. The minimum absolute atomic E-state index is 0.0604. The Bertz CT molecular complexity index is 732. The van der Waals surface area contributed by atoms with Crippen molar-refractivity contribution in [3.8, 4) is 0 Å². The number of benzene rings is 1. The highest BCUT2D eigenvalue weighted by Crippen LogP contribution is 2.28. The van der Waals surface area contributed by atoms with Gasteiger partial charge in [0, 0.05) is 24.9 Å². The van der Waals surface area contributed by atoms with Gasteiger partial charge in [0.25, 0.3) is 0 Å². The van der Waals surface area contributed by atoms with Crippen molar-refractivity contribution in [2.75, 3.05) is 26.5 Å². The van der Waals surface area contributed by atoms with E-state index >= 15 is 0 Å². The van der Waals surface area contributed by atoms with Crippen LogP contribution in [0.3, 0.4) is 0 Å². The van der Waals surface area contributed by atoms with E-state index in [9.17, 15) is 13.2 Å². The molecule has 0 aliphatic carbocycles. The lowest BCUT2D eigenvalue weighted by Gasteiger charge is -2.14. The van der Waals surface area contributed by atoms with Gasteiger partial charge in [0.05, 0.1) is 27.8 Å². The van der Waals surface area contributed by atoms with Gasteiger partial charge in [-0.25, -0.2) is 13.2 Å². The second kappa shape index (κ2) is 9.00. The SMILES string of the molecule is CCOC(=O)c1ccc(S(C)(=O)=O)c(CNC/C(C)=N/OC)c1Cl. The summed E-state index contributed by atoms with van der Waals surface area (Å²) in [5.74, 6) is -0.596. The third kappa shape index (κ3) is 5.47. The first-order valence-corrected chi connectivity index (χ1v) is 9.45. The van der Waals surface area contributed by atoms with Gasteiger partial charge in [-0.1, -0.05) is 16.8 Å². The molecule has 0 atom stereocenters. The number of hydrogen-bond donors (Lipinski definition) is 1. The number of hydrogen-bond acceptors (Lipinski definition) is 7. The maximum Gasteiger partial charge on any atom is 0.339 e. The molecule has 9 heteroatoms. The summed E-state index contributed by atoms with van der Waals surface area (Å²) in [6.07, 6.45) is 1.09. The number of ether oxygens (including phenoxy) is 1. The van der Waals surface area contributed by atoms with Crippen molar-refractivity contribution in [2.24, 2.45) is 5.16 Å². The molecule has 1 aromatic carbocycles. The van der Waals surface area contributed by atoms with Crippen LogP contribution < -0.4 is 5.32 Å². The van der Waals surface area contributed by atoms with E-state index < -0.39 is 15.8 Å². The molecular weight excluding hydrogens is 356 g/mol. The quantitative estimate of drug-likeness (QED) is 0.424. The van der Waals surface area contributed by atoms with E-state index in [0.29, 0.717) is 17.8 Å². The lowest BCUT2D eigenvalue weighted by molar-refractivity contribution is 0.0526. The lowest BCUT2D eigenvalue weighted by Crippen LogP contribution is -2.23. The Morgan fingerprint density at radius 2 is 2.04 bits per heavy atom. The molecule has 134 valence electrons. The van der Waals surface area contributed by atoms with Gasteiger partial charge in [-0.15, -0.1) is 0 Å². The highest BCUT2D eigenvalue weighted by molar-refractivity contribution is 7.90. The standard InChI is InChI=1S/C15H21ClN2O5S/c1-5-23-15(19)11-6-7-13(24(4,20)21)12(14(11)16)9-17-8-10(2)18-22-3/h6-7,17H,5,8-9H2,1-4H3/b18-10+. The molecule has 0 heterocycles. The Balaban J connectivity index is 3.19. The lowest BCUT2D eigenvalue weighted by atomic mass is 10.1. The molecule has 0 spiro atoms. The number of esters is 1. The Labute approximate surface area is 146 Å². The number of sulfone groups is 1. The van der Waals surface area contributed by atoms with Gasteiger partial charge in [-0.05, 0) is 26.0 Å². The minimum atomic E-state index is -3.50. The normalized spacial score (nSPS) is 12.1. The summed E-state index contributed by atoms with van der Waals surface area (Å²) in [4.78, 5) is 16.6. The van der Waals surface area contributed by atoms with Crippen LogP contribution in [0.25, 0.3) is 0 Å². The molecule has 0 aliphatic heterocycles. The topological polar surface area (TPSA) is 94.1 Å². The monoisotopic (exact) mass is 376 g/mol. The van der Waals surface area contributed by atoms with E-state index in [1.54, 1.807) is 13.8 Å². The molecule has 0 aliphatic rings. The molecule has 24 heavy (non-hydrogen) atoms. The fourth-order valence-electron chi connectivity index (χ4n) is 2.04. The summed E-state index contributed by atoms with van der Waals surface area (Å²) in [6.45, 7) is 4.15. The summed E-state index contributed by atoms with van der Waals surface area (Å²) >= 11 is 6.27. The summed E-state index contributed by atoms with van der Waals surface area (Å²) in [5.41, 5.74) is 1.12. The molecule has 1 rings (SSSR count). The van der Waals surface area contributed by atoms with Crippen molar-refractivity contribution in [3.05, 3.63) is 28.3 Å². The smallest absolute Gasteiger partial charge is 0.339 e. The van der Waals surface area contributed by atoms with Crippen molar-refractivity contribution in [1.29, 1.82) is 0 Å². The zero-order valence-electron chi connectivity index (χ0n) is 14.1. The van der Waals surface area contributed by atoms with Crippen LogP contribution in [0.5, 0.6) is 0 Å². The zero-order chi connectivity index (χ0) is 18.3. The number of carbonyl (C=O) groups excluding carboxylic acids is 1. The van der Waals surface area contributed by atoms with Crippen molar-refractivity contribution in [1.82, 2.24) is 5.32 Å². The van der Waals surface area contributed by atoms with Crippen LogP contribution in [0, 0.1) is 0 Å². The molecular formula is C15H21ClN2O5S. The predicted octanol–water partition coefficient (Wildman–Crippen LogP) is 2.03. The van der Waals surface area contributed by atoms with Gasteiger partial charge in [-0.3, -0.25) is 0 Å². The average molecular weight is 377 g/mol. The largest absolute Gasteiger partial charge is 0.462 e. The molecule has 0 aromatic heterocycles. The van der Waals surface area contributed by atoms with Crippen LogP contribution in [0.2, 0.25) is 5.02 Å².